The van der Waals surface area contributed by atoms with E-state index in [2.05, 4.69) is 31.4 Å². The highest BCUT2D eigenvalue weighted by atomic mass is 16.5. The largest absolute Gasteiger partial charge is 0.497 e. The van der Waals surface area contributed by atoms with Gasteiger partial charge in [-0.1, -0.05) is 38.8 Å². The second-order valence-corrected chi connectivity index (χ2v) is 4.84. The zero-order valence-electron chi connectivity index (χ0n) is 11.8. The van der Waals surface area contributed by atoms with Crippen LogP contribution in [0.3, 0.4) is 0 Å². The second kappa shape index (κ2) is 8.11. The van der Waals surface area contributed by atoms with Crippen molar-refractivity contribution >= 4 is 0 Å². The predicted octanol–water partition coefficient (Wildman–Crippen LogP) is 2.90. The molecule has 3 N–H and O–H groups in total. The van der Waals surface area contributed by atoms with E-state index >= 15 is 0 Å². The first-order chi connectivity index (χ1) is 8.73. The van der Waals surface area contributed by atoms with Gasteiger partial charge in [-0.2, -0.15) is 0 Å². The van der Waals surface area contributed by atoms with E-state index in [9.17, 15) is 0 Å². The number of hydrogen-bond acceptors (Lipinski definition) is 3. The number of nitrogens with one attached hydrogen (secondary N) is 1. The second-order valence-electron chi connectivity index (χ2n) is 4.84. The summed E-state index contributed by atoms with van der Waals surface area (Å²) in [6.45, 7) is 4.49. The van der Waals surface area contributed by atoms with Gasteiger partial charge in [0.1, 0.15) is 5.75 Å². The van der Waals surface area contributed by atoms with E-state index in [1.165, 1.54) is 18.4 Å². The number of methoxy groups -OCH3 is 1. The molecule has 0 aliphatic heterocycles. The maximum absolute atomic E-state index is 5.67. The Morgan fingerprint density at radius 3 is 2.56 bits per heavy atom. The van der Waals surface area contributed by atoms with Crippen LogP contribution in [0, 0.1) is 5.92 Å². The lowest BCUT2D eigenvalue weighted by atomic mass is 9.92. The number of hydrazine groups is 1. The molecule has 1 aromatic rings. The topological polar surface area (TPSA) is 47.3 Å². The Hall–Kier alpha value is -1.06. The Labute approximate surface area is 111 Å². The third-order valence-electron chi connectivity index (χ3n) is 3.62. The number of ether oxygens (including phenoxy) is 1. The molecule has 0 saturated carbocycles. The van der Waals surface area contributed by atoms with Crippen molar-refractivity contribution in [1.29, 1.82) is 0 Å². The molecule has 0 saturated heterocycles. The molecule has 0 aromatic heterocycles. The van der Waals surface area contributed by atoms with Gasteiger partial charge in [-0.05, 0) is 36.5 Å². The van der Waals surface area contributed by atoms with Gasteiger partial charge in [0.25, 0.3) is 0 Å². The highest BCUT2D eigenvalue weighted by Gasteiger charge is 2.13. The highest BCUT2D eigenvalue weighted by Crippen LogP contribution is 2.19. The van der Waals surface area contributed by atoms with Crippen LogP contribution in [0.4, 0.5) is 0 Å². The van der Waals surface area contributed by atoms with Crippen molar-refractivity contribution in [1.82, 2.24) is 5.43 Å². The molecule has 1 atom stereocenters. The van der Waals surface area contributed by atoms with E-state index in [1.807, 2.05) is 12.1 Å². The van der Waals surface area contributed by atoms with Crippen molar-refractivity contribution in [2.24, 2.45) is 11.8 Å². The molecule has 0 fully saturated rings. The molecule has 0 heterocycles. The fourth-order valence-corrected chi connectivity index (χ4v) is 2.32. The van der Waals surface area contributed by atoms with Crippen LogP contribution in [0.15, 0.2) is 24.3 Å². The van der Waals surface area contributed by atoms with Crippen LogP contribution in [-0.2, 0) is 6.42 Å². The fourth-order valence-electron chi connectivity index (χ4n) is 2.32. The smallest absolute Gasteiger partial charge is 0.119 e. The standard InChI is InChI=1S/C15H26N2O/c1-4-12(5-2)9-14(17-16)10-13-7-6-8-15(11-13)18-3/h6-8,11-12,14,17H,4-5,9-10,16H2,1-3H3. The van der Waals surface area contributed by atoms with Gasteiger partial charge >= 0.3 is 0 Å². The molecular formula is C15H26N2O. The molecule has 0 amide bonds. The number of rotatable bonds is 8. The molecule has 0 aliphatic carbocycles. The van der Waals surface area contributed by atoms with Gasteiger partial charge < -0.3 is 4.74 Å². The third-order valence-corrected chi connectivity index (χ3v) is 3.62. The number of benzene rings is 1. The Balaban J connectivity index is 2.61. The van der Waals surface area contributed by atoms with Gasteiger partial charge in [-0.25, -0.2) is 0 Å². The SMILES string of the molecule is CCC(CC)CC(Cc1cccc(OC)c1)NN. The summed E-state index contributed by atoms with van der Waals surface area (Å²) in [4.78, 5) is 0. The van der Waals surface area contributed by atoms with Crippen LogP contribution >= 0.6 is 0 Å². The summed E-state index contributed by atoms with van der Waals surface area (Å²) < 4.78 is 5.24. The third kappa shape index (κ3) is 4.67. The molecule has 0 aliphatic rings. The zero-order chi connectivity index (χ0) is 13.4. The Bertz CT molecular complexity index is 337. The van der Waals surface area contributed by atoms with E-state index in [4.69, 9.17) is 10.6 Å². The Kier molecular flexibility index (Phi) is 6.76. The summed E-state index contributed by atoms with van der Waals surface area (Å²) in [5.74, 6) is 7.32. The van der Waals surface area contributed by atoms with Crippen LogP contribution in [0.2, 0.25) is 0 Å². The highest BCUT2D eigenvalue weighted by molar-refractivity contribution is 5.28. The van der Waals surface area contributed by atoms with Crippen molar-refractivity contribution in [2.45, 2.75) is 45.6 Å². The van der Waals surface area contributed by atoms with Gasteiger partial charge in [0.2, 0.25) is 0 Å². The first kappa shape index (κ1) is 15.0. The predicted molar refractivity (Wildman–Crippen MR) is 76.5 cm³/mol. The normalized spacial score (nSPS) is 12.7. The molecule has 18 heavy (non-hydrogen) atoms. The van der Waals surface area contributed by atoms with E-state index in [0.717, 1.165) is 24.5 Å². The fraction of sp³-hybridized carbons (Fsp3) is 0.600. The Morgan fingerprint density at radius 2 is 2.00 bits per heavy atom. The van der Waals surface area contributed by atoms with Crippen molar-refractivity contribution in [3.8, 4) is 5.75 Å². The lowest BCUT2D eigenvalue weighted by Gasteiger charge is -2.21. The van der Waals surface area contributed by atoms with Gasteiger partial charge in [-0.15, -0.1) is 0 Å². The lowest BCUT2D eigenvalue weighted by Crippen LogP contribution is -2.38. The van der Waals surface area contributed by atoms with E-state index in [-0.39, 0.29) is 0 Å². The molecule has 3 heteroatoms. The minimum atomic E-state index is 0.335. The minimum Gasteiger partial charge on any atom is -0.497 e. The van der Waals surface area contributed by atoms with Crippen molar-refractivity contribution < 1.29 is 4.74 Å². The van der Waals surface area contributed by atoms with Crippen molar-refractivity contribution in [2.75, 3.05) is 7.11 Å². The zero-order valence-corrected chi connectivity index (χ0v) is 11.8. The van der Waals surface area contributed by atoms with E-state index in [1.54, 1.807) is 7.11 Å². The quantitative estimate of drug-likeness (QED) is 0.551. The molecule has 0 spiro atoms. The van der Waals surface area contributed by atoms with E-state index in [0.29, 0.717) is 6.04 Å². The molecule has 1 aromatic carbocycles. The molecular weight excluding hydrogens is 224 g/mol. The van der Waals surface area contributed by atoms with E-state index < -0.39 is 0 Å². The monoisotopic (exact) mass is 250 g/mol. The molecule has 1 rings (SSSR count). The summed E-state index contributed by atoms with van der Waals surface area (Å²) in [5.41, 5.74) is 4.21. The maximum atomic E-state index is 5.67. The summed E-state index contributed by atoms with van der Waals surface area (Å²) in [7, 11) is 1.70. The van der Waals surface area contributed by atoms with Crippen LogP contribution in [0.1, 0.15) is 38.7 Å². The molecule has 102 valence electrons. The molecule has 1 unspecified atom stereocenters. The van der Waals surface area contributed by atoms with Crippen molar-refractivity contribution in [3.63, 3.8) is 0 Å². The first-order valence-corrected chi connectivity index (χ1v) is 6.82. The first-order valence-electron chi connectivity index (χ1n) is 6.82. The summed E-state index contributed by atoms with van der Waals surface area (Å²) >= 11 is 0. The number of nitrogens with two attached hydrogens (primary N) is 1. The molecule has 3 nitrogen and oxygen atoms in total. The van der Waals surface area contributed by atoms with Crippen LogP contribution in [0.5, 0.6) is 5.75 Å². The Morgan fingerprint density at radius 1 is 1.28 bits per heavy atom. The summed E-state index contributed by atoms with van der Waals surface area (Å²) in [5, 5.41) is 0. The van der Waals surface area contributed by atoms with Gasteiger partial charge in [0, 0.05) is 6.04 Å². The lowest BCUT2D eigenvalue weighted by molar-refractivity contribution is 0.366. The van der Waals surface area contributed by atoms with Gasteiger partial charge in [0.15, 0.2) is 0 Å². The number of hydrogen-bond donors (Lipinski definition) is 2. The van der Waals surface area contributed by atoms with Crippen molar-refractivity contribution in [3.05, 3.63) is 29.8 Å². The maximum Gasteiger partial charge on any atom is 0.119 e. The minimum absolute atomic E-state index is 0.335. The molecule has 0 bridgehead atoms. The summed E-state index contributed by atoms with van der Waals surface area (Å²) in [6, 6.07) is 8.53. The average Bonchev–Trinajstić information content (AvgIpc) is 2.43. The summed E-state index contributed by atoms with van der Waals surface area (Å²) in [6.07, 6.45) is 4.50. The average molecular weight is 250 g/mol. The van der Waals surface area contributed by atoms with Crippen LogP contribution in [-0.4, -0.2) is 13.2 Å². The van der Waals surface area contributed by atoms with Crippen LogP contribution < -0.4 is 16.0 Å². The molecule has 0 radical (unpaired) electrons. The van der Waals surface area contributed by atoms with Gasteiger partial charge in [0.05, 0.1) is 7.11 Å². The van der Waals surface area contributed by atoms with Crippen LogP contribution in [0.25, 0.3) is 0 Å². The van der Waals surface area contributed by atoms with Gasteiger partial charge in [-0.3, -0.25) is 11.3 Å².